The number of hydrogen-bond acceptors (Lipinski definition) is 7. The number of hydrogen-bond donors (Lipinski definition) is 0. The molecular formula is C22H19Cl2N5O2S. The summed E-state index contributed by atoms with van der Waals surface area (Å²) >= 11 is 13.6. The molecule has 0 aliphatic carbocycles. The Morgan fingerprint density at radius 1 is 1.03 bits per heavy atom. The fourth-order valence-corrected chi connectivity index (χ4v) is 4.65. The molecule has 5 rings (SSSR count). The van der Waals surface area contributed by atoms with Crippen molar-refractivity contribution in [1.29, 1.82) is 0 Å². The highest BCUT2D eigenvalue weighted by Crippen LogP contribution is 2.29. The maximum atomic E-state index is 6.07. The third-order valence-corrected chi connectivity index (χ3v) is 6.54. The third kappa shape index (κ3) is 4.83. The monoisotopic (exact) mass is 487 g/mol. The highest BCUT2D eigenvalue weighted by molar-refractivity contribution is 7.98. The van der Waals surface area contributed by atoms with E-state index in [9.17, 15) is 0 Å². The molecule has 7 nitrogen and oxygen atoms in total. The molecule has 1 atom stereocenters. The van der Waals surface area contributed by atoms with Crippen LogP contribution in [0.1, 0.15) is 18.7 Å². The lowest BCUT2D eigenvalue weighted by Crippen LogP contribution is -2.16. The molecule has 1 aliphatic heterocycles. The summed E-state index contributed by atoms with van der Waals surface area (Å²) in [5, 5.41) is 15.0. The number of ether oxygens (including phenoxy) is 1. The van der Waals surface area contributed by atoms with Gasteiger partial charge in [0, 0.05) is 27.8 Å². The van der Waals surface area contributed by atoms with Gasteiger partial charge in [0.25, 0.3) is 0 Å². The molecule has 0 N–H and O–H groups in total. The van der Waals surface area contributed by atoms with Crippen molar-refractivity contribution in [3.63, 3.8) is 0 Å². The molecule has 0 bridgehead atoms. The van der Waals surface area contributed by atoms with Crippen molar-refractivity contribution >= 4 is 35.0 Å². The minimum absolute atomic E-state index is 0.147. The van der Waals surface area contributed by atoms with E-state index in [4.69, 9.17) is 32.5 Å². The molecule has 1 saturated heterocycles. The average molecular weight is 488 g/mol. The Bertz CT molecular complexity index is 1210. The molecule has 4 aromatic rings. The summed E-state index contributed by atoms with van der Waals surface area (Å²) in [6.45, 7) is 1.48. The van der Waals surface area contributed by atoms with Gasteiger partial charge >= 0.3 is 0 Å². The van der Waals surface area contributed by atoms with Gasteiger partial charge in [0.1, 0.15) is 0 Å². The molecule has 0 amide bonds. The Kier molecular flexibility index (Phi) is 6.45. The molecule has 3 heterocycles. The van der Waals surface area contributed by atoms with Crippen LogP contribution in [0.3, 0.4) is 0 Å². The Labute approximate surface area is 199 Å². The van der Waals surface area contributed by atoms with Gasteiger partial charge in [-0.05, 0) is 49.2 Å². The fourth-order valence-electron chi connectivity index (χ4n) is 3.55. The Balaban J connectivity index is 1.36. The van der Waals surface area contributed by atoms with Crippen LogP contribution in [0.2, 0.25) is 10.0 Å². The maximum Gasteiger partial charge on any atom is 0.237 e. The highest BCUT2D eigenvalue weighted by atomic mass is 35.5. The number of aromatic nitrogens is 5. The van der Waals surface area contributed by atoms with Crippen molar-refractivity contribution < 1.29 is 9.26 Å². The van der Waals surface area contributed by atoms with E-state index in [-0.39, 0.29) is 6.10 Å². The Morgan fingerprint density at radius 2 is 1.91 bits per heavy atom. The van der Waals surface area contributed by atoms with E-state index in [2.05, 4.69) is 24.9 Å². The highest BCUT2D eigenvalue weighted by Gasteiger charge is 2.22. The molecule has 1 aliphatic rings. The third-order valence-electron chi connectivity index (χ3n) is 5.11. The first-order valence-electron chi connectivity index (χ1n) is 10.2. The van der Waals surface area contributed by atoms with Gasteiger partial charge in [-0.15, -0.1) is 10.2 Å². The molecule has 0 spiro atoms. The van der Waals surface area contributed by atoms with Crippen LogP contribution < -0.4 is 0 Å². The standard InChI is InChI=1S/C22H19Cl2N5O2S/c23-16-8-6-14(7-9-16)21-26-27-22(29(21)12-18-5-2-10-30-18)32-13-19-25-20(28-31-19)15-3-1-4-17(24)11-15/h1,3-4,6-9,11,18H,2,5,10,12-13H2. The summed E-state index contributed by atoms with van der Waals surface area (Å²) in [7, 11) is 0. The summed E-state index contributed by atoms with van der Waals surface area (Å²) < 4.78 is 13.4. The van der Waals surface area contributed by atoms with Crippen LogP contribution in [0, 0.1) is 0 Å². The summed E-state index contributed by atoms with van der Waals surface area (Å²) in [4.78, 5) is 4.49. The number of rotatable bonds is 7. The van der Waals surface area contributed by atoms with Crippen molar-refractivity contribution in [2.24, 2.45) is 0 Å². The smallest absolute Gasteiger partial charge is 0.237 e. The van der Waals surface area contributed by atoms with Gasteiger partial charge in [0.2, 0.25) is 11.7 Å². The number of nitrogens with zero attached hydrogens (tertiary/aromatic N) is 5. The van der Waals surface area contributed by atoms with Crippen LogP contribution in [-0.2, 0) is 17.0 Å². The topological polar surface area (TPSA) is 78.9 Å². The molecule has 2 aromatic heterocycles. The zero-order valence-electron chi connectivity index (χ0n) is 16.9. The second-order valence-corrected chi connectivity index (χ2v) is 9.18. The van der Waals surface area contributed by atoms with Gasteiger partial charge in [-0.2, -0.15) is 4.98 Å². The molecule has 32 heavy (non-hydrogen) atoms. The molecule has 2 aromatic carbocycles. The van der Waals surface area contributed by atoms with Gasteiger partial charge in [0.05, 0.1) is 18.4 Å². The lowest BCUT2D eigenvalue weighted by Gasteiger charge is -2.14. The lowest BCUT2D eigenvalue weighted by atomic mass is 10.2. The van der Waals surface area contributed by atoms with Crippen LogP contribution in [0.15, 0.2) is 58.2 Å². The van der Waals surface area contributed by atoms with Gasteiger partial charge in [-0.25, -0.2) is 0 Å². The molecule has 1 fully saturated rings. The van der Waals surface area contributed by atoms with E-state index < -0.39 is 0 Å². The maximum absolute atomic E-state index is 6.07. The van der Waals surface area contributed by atoms with Crippen LogP contribution in [-0.4, -0.2) is 37.6 Å². The number of benzene rings is 2. The largest absolute Gasteiger partial charge is 0.376 e. The van der Waals surface area contributed by atoms with E-state index in [1.54, 1.807) is 12.1 Å². The van der Waals surface area contributed by atoms with Crippen molar-refractivity contribution in [3.05, 3.63) is 64.5 Å². The normalized spacial score (nSPS) is 16.0. The van der Waals surface area contributed by atoms with Crippen molar-refractivity contribution in [2.75, 3.05) is 6.61 Å². The zero-order chi connectivity index (χ0) is 21.9. The van der Waals surface area contributed by atoms with E-state index in [1.165, 1.54) is 11.8 Å². The fraction of sp³-hybridized carbons (Fsp3) is 0.273. The first kappa shape index (κ1) is 21.5. The SMILES string of the molecule is Clc1ccc(-c2nnc(SCc3nc(-c4cccc(Cl)c4)no3)n2CC2CCCO2)cc1. The van der Waals surface area contributed by atoms with E-state index in [1.807, 2.05) is 36.4 Å². The average Bonchev–Trinajstić information content (AvgIpc) is 3.55. The predicted molar refractivity (Wildman–Crippen MR) is 124 cm³/mol. The summed E-state index contributed by atoms with van der Waals surface area (Å²) in [5.74, 6) is 2.26. The Hall–Kier alpha value is -2.39. The molecule has 0 saturated carbocycles. The second-order valence-electron chi connectivity index (χ2n) is 7.37. The summed E-state index contributed by atoms with van der Waals surface area (Å²) in [6.07, 6.45) is 2.24. The lowest BCUT2D eigenvalue weighted by molar-refractivity contribution is 0.0953. The summed E-state index contributed by atoms with van der Waals surface area (Å²) in [5.41, 5.74) is 1.76. The molecule has 10 heteroatoms. The zero-order valence-corrected chi connectivity index (χ0v) is 19.3. The van der Waals surface area contributed by atoms with Crippen LogP contribution in [0.5, 0.6) is 0 Å². The minimum atomic E-state index is 0.147. The van der Waals surface area contributed by atoms with Crippen molar-refractivity contribution in [2.45, 2.75) is 36.4 Å². The van der Waals surface area contributed by atoms with Crippen LogP contribution >= 0.6 is 35.0 Å². The van der Waals surface area contributed by atoms with Crippen LogP contribution in [0.25, 0.3) is 22.8 Å². The number of halogens is 2. The van der Waals surface area contributed by atoms with E-state index in [0.29, 0.717) is 34.1 Å². The molecule has 1 unspecified atom stereocenters. The Morgan fingerprint density at radius 3 is 2.69 bits per heavy atom. The molecule has 0 radical (unpaired) electrons. The quantitative estimate of drug-likeness (QED) is 0.306. The number of thioether (sulfide) groups is 1. The predicted octanol–water partition coefficient (Wildman–Crippen LogP) is 5.77. The first-order valence-corrected chi connectivity index (χ1v) is 11.9. The van der Waals surface area contributed by atoms with Crippen molar-refractivity contribution in [1.82, 2.24) is 24.9 Å². The van der Waals surface area contributed by atoms with Gasteiger partial charge in [0.15, 0.2) is 11.0 Å². The minimum Gasteiger partial charge on any atom is -0.376 e. The van der Waals surface area contributed by atoms with Gasteiger partial charge < -0.3 is 9.26 Å². The van der Waals surface area contributed by atoms with E-state index >= 15 is 0 Å². The molecule has 164 valence electrons. The van der Waals surface area contributed by atoms with Gasteiger partial charge in [-0.3, -0.25) is 4.57 Å². The summed E-state index contributed by atoms with van der Waals surface area (Å²) in [6, 6.07) is 15.0. The van der Waals surface area contributed by atoms with Crippen LogP contribution in [0.4, 0.5) is 0 Å². The van der Waals surface area contributed by atoms with Gasteiger partial charge in [-0.1, -0.05) is 52.3 Å². The molecular weight excluding hydrogens is 469 g/mol. The van der Waals surface area contributed by atoms with E-state index in [0.717, 1.165) is 41.6 Å². The first-order chi connectivity index (χ1) is 15.7. The van der Waals surface area contributed by atoms with Crippen molar-refractivity contribution in [3.8, 4) is 22.8 Å². The second kappa shape index (κ2) is 9.62.